The van der Waals surface area contributed by atoms with E-state index in [1.165, 1.54) is 0 Å². The van der Waals surface area contributed by atoms with Crippen LogP contribution in [-0.4, -0.2) is 30.5 Å². The lowest BCUT2D eigenvalue weighted by Crippen LogP contribution is -2.28. The number of rotatable bonds is 5. The molecule has 3 N–H and O–H groups in total. The minimum Gasteiger partial charge on any atom is -0.396 e. The van der Waals surface area contributed by atoms with Gasteiger partial charge >= 0.3 is 0 Å². The highest BCUT2D eigenvalue weighted by Crippen LogP contribution is 2.12. The van der Waals surface area contributed by atoms with Crippen molar-refractivity contribution in [3.63, 3.8) is 0 Å². The highest BCUT2D eigenvalue weighted by Gasteiger charge is 2.16. The molecule has 0 saturated carbocycles. The van der Waals surface area contributed by atoms with Crippen LogP contribution in [0.1, 0.15) is 34.1 Å². The molecule has 0 aliphatic rings. The predicted octanol–water partition coefficient (Wildman–Crippen LogP) is 1.15. The van der Waals surface area contributed by atoms with Crippen LogP contribution in [-0.2, 0) is 4.74 Å². The molecule has 76 valence electrons. The first-order valence-electron chi connectivity index (χ1n) is 4.57. The fourth-order valence-corrected chi connectivity index (χ4v) is 0.677. The number of hydrogen-bond donors (Lipinski definition) is 2. The molecule has 0 aliphatic heterocycles. The highest BCUT2D eigenvalue weighted by molar-refractivity contribution is 4.67. The van der Waals surface area contributed by atoms with E-state index in [2.05, 4.69) is 0 Å². The van der Waals surface area contributed by atoms with E-state index in [0.717, 1.165) is 0 Å². The number of nitrogens with two attached hydrogens (primary N) is 1. The van der Waals surface area contributed by atoms with E-state index < -0.39 is 0 Å². The number of aliphatic hydroxyl groups excluding tert-OH is 1. The standard InChI is InChI=1S/C7H17NO2.C2H6/c1-7(2,3-5-9)10-6-4-8;1-2/h9H,3-6,8H2,1-2H3;1-2H3. The van der Waals surface area contributed by atoms with Gasteiger partial charge in [0.25, 0.3) is 0 Å². The normalized spacial score (nSPS) is 10.5. The van der Waals surface area contributed by atoms with Crippen LogP contribution in [0.15, 0.2) is 0 Å². The lowest BCUT2D eigenvalue weighted by atomic mass is 10.1. The molecule has 3 nitrogen and oxygen atoms in total. The van der Waals surface area contributed by atoms with Gasteiger partial charge in [-0.15, -0.1) is 0 Å². The van der Waals surface area contributed by atoms with Crippen molar-refractivity contribution in [2.24, 2.45) is 5.73 Å². The molecule has 3 heteroatoms. The fourth-order valence-electron chi connectivity index (χ4n) is 0.677. The third-order valence-corrected chi connectivity index (χ3v) is 1.32. The van der Waals surface area contributed by atoms with Crippen molar-refractivity contribution in [2.75, 3.05) is 19.8 Å². The first-order chi connectivity index (χ1) is 5.62. The molecule has 0 unspecified atom stereocenters. The fraction of sp³-hybridized carbons (Fsp3) is 1.00. The van der Waals surface area contributed by atoms with Gasteiger partial charge in [-0.1, -0.05) is 13.8 Å². The molecule has 0 saturated heterocycles. The second kappa shape index (κ2) is 8.97. The van der Waals surface area contributed by atoms with E-state index in [9.17, 15) is 0 Å². The summed E-state index contributed by atoms with van der Waals surface area (Å²) < 4.78 is 5.33. The Bertz CT molecular complexity index is 84.6. The second-order valence-corrected chi connectivity index (χ2v) is 2.87. The quantitative estimate of drug-likeness (QED) is 0.662. The smallest absolute Gasteiger partial charge is 0.0649 e. The number of ether oxygens (including phenoxy) is 1. The van der Waals surface area contributed by atoms with Crippen LogP contribution < -0.4 is 5.73 Å². The topological polar surface area (TPSA) is 55.5 Å². The van der Waals surface area contributed by atoms with Gasteiger partial charge in [-0.05, 0) is 20.3 Å². The molecule has 0 aromatic carbocycles. The molecule has 0 radical (unpaired) electrons. The summed E-state index contributed by atoms with van der Waals surface area (Å²) in [4.78, 5) is 0. The Balaban J connectivity index is 0. The van der Waals surface area contributed by atoms with Gasteiger partial charge in [-0.25, -0.2) is 0 Å². The van der Waals surface area contributed by atoms with Gasteiger partial charge in [0.2, 0.25) is 0 Å². The van der Waals surface area contributed by atoms with E-state index in [0.29, 0.717) is 19.6 Å². The van der Waals surface area contributed by atoms with Crippen LogP contribution in [0.25, 0.3) is 0 Å². The van der Waals surface area contributed by atoms with Crippen molar-refractivity contribution in [3.05, 3.63) is 0 Å². The molecule has 0 rings (SSSR count). The summed E-state index contributed by atoms with van der Waals surface area (Å²) in [5.41, 5.74) is 5.02. The average molecular weight is 177 g/mol. The van der Waals surface area contributed by atoms with E-state index in [1.807, 2.05) is 27.7 Å². The first-order valence-corrected chi connectivity index (χ1v) is 4.57. The summed E-state index contributed by atoms with van der Waals surface area (Å²) in [7, 11) is 0. The third kappa shape index (κ3) is 9.88. The zero-order chi connectivity index (χ0) is 10.0. The maximum absolute atomic E-state index is 8.59. The second-order valence-electron chi connectivity index (χ2n) is 2.87. The molecule has 0 spiro atoms. The first kappa shape index (κ1) is 14.4. The highest BCUT2D eigenvalue weighted by atomic mass is 16.5. The van der Waals surface area contributed by atoms with Crippen molar-refractivity contribution >= 4 is 0 Å². The summed E-state index contributed by atoms with van der Waals surface area (Å²) in [5, 5.41) is 8.59. The van der Waals surface area contributed by atoms with E-state index in [1.54, 1.807) is 0 Å². The molecule has 0 aromatic rings. The van der Waals surface area contributed by atoms with Crippen molar-refractivity contribution in [1.82, 2.24) is 0 Å². The van der Waals surface area contributed by atoms with Gasteiger partial charge < -0.3 is 15.6 Å². The van der Waals surface area contributed by atoms with Crippen LogP contribution in [0.5, 0.6) is 0 Å². The Morgan fingerprint density at radius 3 is 2.17 bits per heavy atom. The third-order valence-electron chi connectivity index (χ3n) is 1.32. The van der Waals surface area contributed by atoms with Crippen molar-refractivity contribution in [2.45, 2.75) is 39.7 Å². The molecule has 0 aromatic heterocycles. The molecular weight excluding hydrogens is 154 g/mol. The Kier molecular flexibility index (Phi) is 10.8. The Morgan fingerprint density at radius 2 is 1.83 bits per heavy atom. The maximum Gasteiger partial charge on any atom is 0.0649 e. The Labute approximate surface area is 75.9 Å². The van der Waals surface area contributed by atoms with Crippen molar-refractivity contribution in [3.8, 4) is 0 Å². The molecule has 0 atom stereocenters. The monoisotopic (exact) mass is 177 g/mol. The van der Waals surface area contributed by atoms with Crippen molar-refractivity contribution < 1.29 is 9.84 Å². The number of aliphatic hydroxyl groups is 1. The molecular formula is C9H23NO2. The van der Waals surface area contributed by atoms with E-state index >= 15 is 0 Å². The molecule has 12 heavy (non-hydrogen) atoms. The predicted molar refractivity (Wildman–Crippen MR) is 52.1 cm³/mol. The summed E-state index contributed by atoms with van der Waals surface area (Å²) in [6.45, 7) is 9.15. The van der Waals surface area contributed by atoms with E-state index in [4.69, 9.17) is 15.6 Å². The van der Waals surface area contributed by atoms with Gasteiger partial charge in [-0.3, -0.25) is 0 Å². The Hall–Kier alpha value is -0.120. The minimum absolute atomic E-state index is 0.164. The molecule has 0 aliphatic carbocycles. The van der Waals surface area contributed by atoms with Gasteiger partial charge in [-0.2, -0.15) is 0 Å². The maximum atomic E-state index is 8.59. The largest absolute Gasteiger partial charge is 0.396 e. The molecule has 0 fully saturated rings. The van der Waals surface area contributed by atoms with E-state index in [-0.39, 0.29) is 12.2 Å². The summed E-state index contributed by atoms with van der Waals surface area (Å²) in [6, 6.07) is 0. The lowest BCUT2D eigenvalue weighted by Gasteiger charge is -2.23. The summed E-state index contributed by atoms with van der Waals surface area (Å²) in [6.07, 6.45) is 0.660. The average Bonchev–Trinajstić information content (AvgIpc) is 2.05. The minimum atomic E-state index is -0.228. The SMILES string of the molecule is CC.CC(C)(CCO)OCCN. The van der Waals surface area contributed by atoms with Gasteiger partial charge in [0, 0.05) is 13.2 Å². The van der Waals surface area contributed by atoms with Gasteiger partial charge in [0.05, 0.1) is 12.2 Å². The van der Waals surface area contributed by atoms with Crippen LogP contribution in [0, 0.1) is 0 Å². The molecule has 0 bridgehead atoms. The van der Waals surface area contributed by atoms with Crippen LogP contribution >= 0.6 is 0 Å². The zero-order valence-electron chi connectivity index (χ0n) is 8.76. The van der Waals surface area contributed by atoms with Crippen LogP contribution in [0.4, 0.5) is 0 Å². The zero-order valence-corrected chi connectivity index (χ0v) is 8.76. The van der Waals surface area contributed by atoms with Gasteiger partial charge in [0.1, 0.15) is 0 Å². The lowest BCUT2D eigenvalue weighted by molar-refractivity contribution is -0.0285. The van der Waals surface area contributed by atoms with Crippen LogP contribution in [0.2, 0.25) is 0 Å². The number of hydrogen-bond acceptors (Lipinski definition) is 3. The molecule has 0 heterocycles. The van der Waals surface area contributed by atoms with Gasteiger partial charge in [0.15, 0.2) is 0 Å². The molecule has 0 amide bonds. The van der Waals surface area contributed by atoms with Crippen LogP contribution in [0.3, 0.4) is 0 Å². The van der Waals surface area contributed by atoms with Crippen molar-refractivity contribution in [1.29, 1.82) is 0 Å². The summed E-state index contributed by atoms with van der Waals surface area (Å²) in [5.74, 6) is 0. The Morgan fingerprint density at radius 1 is 1.33 bits per heavy atom. The summed E-state index contributed by atoms with van der Waals surface area (Å²) >= 11 is 0.